The molecule has 0 aromatic rings. The second-order valence-corrected chi connectivity index (χ2v) is 8.70. The van der Waals surface area contributed by atoms with Crippen LogP contribution in [0.3, 0.4) is 0 Å². The van der Waals surface area contributed by atoms with E-state index in [1.165, 1.54) is 18.7 Å². The molecule has 0 aliphatic carbocycles. The van der Waals surface area contributed by atoms with Gasteiger partial charge in [0.1, 0.15) is 18.1 Å². The lowest BCUT2D eigenvalue weighted by Crippen LogP contribution is -2.57. The van der Waals surface area contributed by atoms with Gasteiger partial charge in [0.25, 0.3) is 0 Å². The quantitative estimate of drug-likeness (QED) is 0.177. The molecule has 0 rings (SSSR count). The SMILES string of the molecule is CSCCC(N)C(=O)NC(CCC(N)=O)C(=O)NC(CC(C)C)C(=O)NC(C)C(=O)O. The topological polar surface area (TPSA) is 194 Å². The van der Waals surface area contributed by atoms with Crippen LogP contribution in [-0.4, -0.2) is 70.9 Å². The second-order valence-electron chi connectivity index (χ2n) is 7.71. The number of thioether (sulfide) groups is 1. The molecule has 8 N–H and O–H groups in total. The molecule has 4 amide bonds. The minimum Gasteiger partial charge on any atom is -0.480 e. The van der Waals surface area contributed by atoms with Gasteiger partial charge in [-0.25, -0.2) is 0 Å². The van der Waals surface area contributed by atoms with Crippen LogP contribution in [0.5, 0.6) is 0 Å². The third-order valence-corrected chi connectivity index (χ3v) is 5.00. The first kappa shape index (κ1) is 28.7. The largest absolute Gasteiger partial charge is 0.480 e. The van der Waals surface area contributed by atoms with E-state index in [4.69, 9.17) is 16.6 Å². The molecule has 0 aromatic carbocycles. The first-order valence-electron chi connectivity index (χ1n) is 10.1. The predicted octanol–water partition coefficient (Wildman–Crippen LogP) is -1.06. The zero-order valence-electron chi connectivity index (χ0n) is 18.5. The Hall–Kier alpha value is -2.34. The molecule has 0 heterocycles. The Morgan fingerprint density at radius 1 is 0.903 bits per heavy atom. The summed E-state index contributed by atoms with van der Waals surface area (Å²) in [6.45, 7) is 4.98. The van der Waals surface area contributed by atoms with Gasteiger partial charge in [0, 0.05) is 6.42 Å². The lowest BCUT2D eigenvalue weighted by atomic mass is 10.0. The van der Waals surface area contributed by atoms with Crippen molar-refractivity contribution in [1.29, 1.82) is 0 Å². The maximum Gasteiger partial charge on any atom is 0.325 e. The van der Waals surface area contributed by atoms with E-state index in [0.717, 1.165) is 0 Å². The first-order chi connectivity index (χ1) is 14.4. The van der Waals surface area contributed by atoms with Crippen molar-refractivity contribution in [3.05, 3.63) is 0 Å². The molecule has 0 radical (unpaired) electrons. The van der Waals surface area contributed by atoms with Gasteiger partial charge in [-0.1, -0.05) is 13.8 Å². The fourth-order valence-corrected chi connectivity index (χ4v) is 3.05. The summed E-state index contributed by atoms with van der Waals surface area (Å²) in [5, 5.41) is 16.4. The molecule has 0 fully saturated rings. The summed E-state index contributed by atoms with van der Waals surface area (Å²) in [6, 6.07) is -4.12. The highest BCUT2D eigenvalue weighted by molar-refractivity contribution is 7.98. The number of hydrogen-bond donors (Lipinski definition) is 6. The molecule has 12 heteroatoms. The van der Waals surface area contributed by atoms with Crippen molar-refractivity contribution in [3.8, 4) is 0 Å². The highest BCUT2D eigenvalue weighted by Gasteiger charge is 2.29. The lowest BCUT2D eigenvalue weighted by molar-refractivity contribution is -0.142. The van der Waals surface area contributed by atoms with Crippen molar-refractivity contribution in [2.75, 3.05) is 12.0 Å². The Bertz CT molecular complexity index is 645. The Balaban J connectivity index is 5.36. The fourth-order valence-electron chi connectivity index (χ4n) is 2.56. The van der Waals surface area contributed by atoms with E-state index in [1.807, 2.05) is 20.1 Å². The van der Waals surface area contributed by atoms with E-state index in [-0.39, 0.29) is 25.2 Å². The van der Waals surface area contributed by atoms with E-state index >= 15 is 0 Å². The maximum absolute atomic E-state index is 12.8. The molecule has 11 nitrogen and oxygen atoms in total. The number of nitrogens with two attached hydrogens (primary N) is 2. The minimum atomic E-state index is -1.21. The van der Waals surface area contributed by atoms with Gasteiger partial charge in [-0.15, -0.1) is 0 Å². The molecule has 0 aromatic heterocycles. The van der Waals surface area contributed by atoms with E-state index in [1.54, 1.807) is 0 Å². The molecule has 178 valence electrons. The average molecular weight is 462 g/mol. The molecule has 0 spiro atoms. The monoisotopic (exact) mass is 461 g/mol. The predicted molar refractivity (Wildman–Crippen MR) is 118 cm³/mol. The van der Waals surface area contributed by atoms with Gasteiger partial charge in [-0.2, -0.15) is 11.8 Å². The smallest absolute Gasteiger partial charge is 0.325 e. The molecule has 0 bridgehead atoms. The Morgan fingerprint density at radius 2 is 1.45 bits per heavy atom. The average Bonchev–Trinajstić information content (AvgIpc) is 2.67. The van der Waals surface area contributed by atoms with Crippen molar-refractivity contribution in [2.45, 2.75) is 70.6 Å². The number of aliphatic carboxylic acids is 1. The number of carbonyl (C=O) groups excluding carboxylic acids is 4. The molecule has 0 aliphatic heterocycles. The molecule has 0 saturated carbocycles. The van der Waals surface area contributed by atoms with Crippen LogP contribution in [0.15, 0.2) is 0 Å². The van der Waals surface area contributed by atoms with Crippen molar-refractivity contribution < 1.29 is 29.1 Å². The summed E-state index contributed by atoms with van der Waals surface area (Å²) in [7, 11) is 0. The van der Waals surface area contributed by atoms with E-state index in [0.29, 0.717) is 12.2 Å². The summed E-state index contributed by atoms with van der Waals surface area (Å²) in [4.78, 5) is 59.8. The van der Waals surface area contributed by atoms with Crippen LogP contribution in [0.25, 0.3) is 0 Å². The number of carboxylic acids is 1. The van der Waals surface area contributed by atoms with E-state index in [9.17, 15) is 24.0 Å². The summed E-state index contributed by atoms with van der Waals surface area (Å²) in [6.07, 6.45) is 2.30. The standard InChI is InChI=1S/C19H35N5O6S/c1-10(2)9-14(18(28)22-11(3)19(29)30)24-17(27)13(5-6-15(21)25)23-16(26)12(20)7-8-31-4/h10-14H,5-9,20H2,1-4H3,(H2,21,25)(H,22,28)(H,23,26)(H,24,27)(H,29,30). The van der Waals surface area contributed by atoms with Crippen LogP contribution in [-0.2, 0) is 24.0 Å². The molecule has 4 atom stereocenters. The van der Waals surface area contributed by atoms with Crippen molar-refractivity contribution in [1.82, 2.24) is 16.0 Å². The molecular formula is C19H35N5O6S. The normalized spacial score (nSPS) is 14.8. The summed E-state index contributed by atoms with van der Waals surface area (Å²) < 4.78 is 0. The summed E-state index contributed by atoms with van der Waals surface area (Å²) in [5.41, 5.74) is 11.0. The third-order valence-electron chi connectivity index (χ3n) is 4.35. The van der Waals surface area contributed by atoms with E-state index in [2.05, 4.69) is 16.0 Å². The van der Waals surface area contributed by atoms with Crippen LogP contribution >= 0.6 is 11.8 Å². The van der Waals surface area contributed by atoms with Gasteiger partial charge in [0.05, 0.1) is 6.04 Å². The second kappa shape index (κ2) is 14.6. The number of carboxylic acid groups (broad SMARTS) is 1. The van der Waals surface area contributed by atoms with Gasteiger partial charge < -0.3 is 32.5 Å². The molecule has 31 heavy (non-hydrogen) atoms. The Kier molecular flexibility index (Phi) is 13.5. The van der Waals surface area contributed by atoms with Crippen molar-refractivity contribution >= 4 is 41.4 Å². The molecule has 0 saturated heterocycles. The van der Waals surface area contributed by atoms with Gasteiger partial charge >= 0.3 is 5.97 Å². The van der Waals surface area contributed by atoms with Crippen LogP contribution < -0.4 is 27.4 Å². The van der Waals surface area contributed by atoms with Crippen molar-refractivity contribution in [2.24, 2.45) is 17.4 Å². The zero-order chi connectivity index (χ0) is 24.1. The zero-order valence-corrected chi connectivity index (χ0v) is 19.3. The van der Waals surface area contributed by atoms with E-state index < -0.39 is 53.8 Å². The summed E-state index contributed by atoms with van der Waals surface area (Å²) in [5.74, 6) is -3.09. The number of hydrogen-bond acceptors (Lipinski definition) is 7. The third kappa shape index (κ3) is 12.2. The number of carbonyl (C=O) groups is 5. The number of amides is 4. The maximum atomic E-state index is 12.8. The molecule has 0 aliphatic rings. The van der Waals surface area contributed by atoms with Gasteiger partial charge in [-0.3, -0.25) is 24.0 Å². The minimum absolute atomic E-state index is 0.00908. The highest BCUT2D eigenvalue weighted by Crippen LogP contribution is 2.08. The molecular weight excluding hydrogens is 426 g/mol. The van der Waals surface area contributed by atoms with Crippen LogP contribution in [0.4, 0.5) is 0 Å². The molecule has 4 unspecified atom stereocenters. The highest BCUT2D eigenvalue weighted by atomic mass is 32.2. The summed E-state index contributed by atoms with van der Waals surface area (Å²) >= 11 is 1.52. The Morgan fingerprint density at radius 3 is 1.94 bits per heavy atom. The van der Waals surface area contributed by atoms with Gasteiger partial charge in [0.2, 0.25) is 23.6 Å². The van der Waals surface area contributed by atoms with Crippen LogP contribution in [0, 0.1) is 5.92 Å². The first-order valence-corrected chi connectivity index (χ1v) is 11.4. The van der Waals surface area contributed by atoms with Gasteiger partial charge in [0.15, 0.2) is 0 Å². The van der Waals surface area contributed by atoms with Crippen LogP contribution in [0.2, 0.25) is 0 Å². The number of nitrogens with one attached hydrogen (secondary N) is 3. The van der Waals surface area contributed by atoms with Crippen molar-refractivity contribution in [3.63, 3.8) is 0 Å². The van der Waals surface area contributed by atoms with Crippen LogP contribution in [0.1, 0.15) is 46.5 Å². The number of primary amides is 1. The fraction of sp³-hybridized carbons (Fsp3) is 0.737. The number of rotatable bonds is 15. The van der Waals surface area contributed by atoms with Gasteiger partial charge in [-0.05, 0) is 44.1 Å². The Labute approximate surface area is 186 Å². The lowest BCUT2D eigenvalue weighted by Gasteiger charge is -2.25.